The Hall–Kier alpha value is -3.51. The van der Waals surface area contributed by atoms with E-state index in [0.29, 0.717) is 12.2 Å². The van der Waals surface area contributed by atoms with Gasteiger partial charge in [0.1, 0.15) is 23.5 Å². The number of nitrogens with zero attached hydrogens (tertiary/aromatic N) is 3. The second-order valence-corrected chi connectivity index (χ2v) is 13.2. The Morgan fingerprint density at radius 1 is 1.12 bits per heavy atom. The van der Waals surface area contributed by atoms with Gasteiger partial charge < -0.3 is 10.1 Å². The van der Waals surface area contributed by atoms with Crippen molar-refractivity contribution in [3.8, 4) is 0 Å². The van der Waals surface area contributed by atoms with Crippen molar-refractivity contribution in [3.05, 3.63) is 53.7 Å². The minimum atomic E-state index is -4.08. The molecule has 1 N–H and O–H groups in total. The second kappa shape index (κ2) is 12.6. The molecular weight excluding hydrogens is 548 g/mol. The highest BCUT2D eigenvalue weighted by atomic mass is 32.2. The van der Waals surface area contributed by atoms with Gasteiger partial charge in [-0.25, -0.2) is 9.78 Å². The van der Waals surface area contributed by atoms with Crippen LogP contribution in [0.25, 0.3) is 0 Å². The van der Waals surface area contributed by atoms with Gasteiger partial charge in [-0.3, -0.25) is 23.6 Å². The fraction of sp³-hybridized carbons (Fsp3) is 0.517. The molecule has 0 aliphatic carbocycles. The molecule has 12 heteroatoms. The number of rotatable bonds is 9. The maximum atomic E-state index is 14.0. The normalized spacial score (nSPS) is 16.6. The Bertz CT molecular complexity index is 1370. The number of benzene rings is 1. The highest BCUT2D eigenvalue weighted by molar-refractivity contribution is 7.86. The van der Waals surface area contributed by atoms with Crippen molar-refractivity contribution in [1.29, 1.82) is 0 Å². The van der Waals surface area contributed by atoms with E-state index in [0.717, 1.165) is 11.1 Å². The Morgan fingerprint density at radius 3 is 2.34 bits per heavy atom. The van der Waals surface area contributed by atoms with Crippen molar-refractivity contribution >= 4 is 33.8 Å². The first-order valence-corrected chi connectivity index (χ1v) is 14.9. The van der Waals surface area contributed by atoms with Crippen LogP contribution in [-0.2, 0) is 35.0 Å². The number of carbonyl (C=O) groups is 3. The second-order valence-electron chi connectivity index (χ2n) is 11.6. The first-order chi connectivity index (χ1) is 19.0. The number of anilines is 1. The molecule has 3 rings (SSSR count). The minimum absolute atomic E-state index is 0.0185. The minimum Gasteiger partial charge on any atom is -0.444 e. The van der Waals surface area contributed by atoms with Crippen LogP contribution in [0.3, 0.4) is 0 Å². The van der Waals surface area contributed by atoms with Gasteiger partial charge in [0, 0.05) is 13.2 Å². The van der Waals surface area contributed by atoms with E-state index in [1.165, 1.54) is 29.0 Å². The molecule has 224 valence electrons. The fourth-order valence-electron chi connectivity index (χ4n) is 4.29. The maximum absolute atomic E-state index is 14.0. The van der Waals surface area contributed by atoms with Gasteiger partial charge in [-0.15, -0.1) is 0 Å². The zero-order chi connectivity index (χ0) is 30.7. The van der Waals surface area contributed by atoms with Gasteiger partial charge in [0.15, 0.2) is 0 Å². The molecule has 1 aromatic heterocycles. The monoisotopic (exact) mass is 588 g/mol. The molecule has 0 radical (unpaired) electrons. The van der Waals surface area contributed by atoms with Crippen molar-refractivity contribution in [1.82, 2.24) is 15.2 Å². The van der Waals surface area contributed by atoms with Crippen LogP contribution in [-0.4, -0.2) is 73.6 Å². The summed E-state index contributed by atoms with van der Waals surface area (Å²) < 4.78 is 36.5. The molecular formula is C29H40N4O7S. The first-order valence-electron chi connectivity index (χ1n) is 13.5. The zero-order valence-electron chi connectivity index (χ0n) is 24.9. The van der Waals surface area contributed by atoms with E-state index in [-0.39, 0.29) is 17.4 Å². The number of aromatic nitrogens is 1. The number of ether oxygens (including phenoxy) is 1. The van der Waals surface area contributed by atoms with Crippen LogP contribution < -0.4 is 10.2 Å². The molecule has 0 fully saturated rings. The molecule has 0 saturated carbocycles. The summed E-state index contributed by atoms with van der Waals surface area (Å²) in [5, 5.41) is 2.78. The molecule has 0 saturated heterocycles. The molecule has 3 amide bonds. The molecule has 3 atom stereocenters. The first kappa shape index (κ1) is 32.0. The molecule has 1 aliphatic heterocycles. The van der Waals surface area contributed by atoms with Gasteiger partial charge in [0.25, 0.3) is 16.0 Å². The summed E-state index contributed by atoms with van der Waals surface area (Å²) in [6.45, 7) is 11.8. The summed E-state index contributed by atoms with van der Waals surface area (Å²) >= 11 is 0. The highest BCUT2D eigenvalue weighted by Crippen LogP contribution is 2.32. The van der Waals surface area contributed by atoms with E-state index >= 15 is 0 Å². The third kappa shape index (κ3) is 7.82. The summed E-state index contributed by atoms with van der Waals surface area (Å²) in [7, 11) is -2.62. The summed E-state index contributed by atoms with van der Waals surface area (Å²) in [5.74, 6) is -0.950. The largest absolute Gasteiger partial charge is 0.444 e. The molecule has 11 nitrogen and oxygen atoms in total. The van der Waals surface area contributed by atoms with Crippen molar-refractivity contribution in [2.75, 3.05) is 18.6 Å². The van der Waals surface area contributed by atoms with Crippen molar-refractivity contribution in [3.63, 3.8) is 0 Å². The van der Waals surface area contributed by atoms with Gasteiger partial charge in [-0.2, -0.15) is 8.42 Å². The number of fused-ring (bicyclic) bond motifs is 1. The standard InChI is InChI=1S/C29H40N4O7S/c1-18(2)24(31-26(34)20(4)32(8)28(36)40-29(5,6)7)27(35)33-22(16-21-10-9-15-30-25(21)33)17-39-41(37,38)23-13-11-19(3)12-14-23/h9-15,18,20,22,24H,16-17H2,1-8H3,(H,31,34)/t20-,22-,24-/m0/s1. The highest BCUT2D eigenvalue weighted by Gasteiger charge is 2.41. The van der Waals surface area contributed by atoms with E-state index in [1.54, 1.807) is 65.9 Å². The van der Waals surface area contributed by atoms with Crippen LogP contribution in [0, 0.1) is 12.8 Å². The lowest BCUT2D eigenvalue weighted by molar-refractivity contribution is -0.131. The van der Waals surface area contributed by atoms with Crippen LogP contribution in [0.1, 0.15) is 52.7 Å². The van der Waals surface area contributed by atoms with Gasteiger partial charge in [0.2, 0.25) is 5.91 Å². The predicted octanol–water partition coefficient (Wildman–Crippen LogP) is 3.45. The molecule has 0 unspecified atom stereocenters. The third-order valence-corrected chi connectivity index (χ3v) is 8.05. The van der Waals surface area contributed by atoms with Gasteiger partial charge >= 0.3 is 6.09 Å². The van der Waals surface area contributed by atoms with E-state index < -0.39 is 51.8 Å². The number of amides is 3. The zero-order valence-corrected chi connectivity index (χ0v) is 25.7. The Kier molecular flexibility index (Phi) is 9.81. The number of aryl methyl sites for hydroxylation is 1. The summed E-state index contributed by atoms with van der Waals surface area (Å²) in [6.07, 6.45) is 1.21. The third-order valence-electron chi connectivity index (χ3n) is 6.75. The van der Waals surface area contributed by atoms with Gasteiger partial charge in [0.05, 0.1) is 17.5 Å². The SMILES string of the molecule is Cc1ccc(S(=O)(=O)OC[C@@H]2Cc3cccnc3N2C(=O)[C@@H](NC(=O)[C@H](C)N(C)C(=O)OC(C)(C)C)C(C)C)cc1. The Morgan fingerprint density at radius 2 is 1.76 bits per heavy atom. The predicted molar refractivity (Wildman–Crippen MR) is 154 cm³/mol. The van der Waals surface area contributed by atoms with Gasteiger partial charge in [-0.05, 0) is 70.7 Å². The number of hydrogen-bond acceptors (Lipinski definition) is 8. The van der Waals surface area contributed by atoms with Crippen molar-refractivity contribution < 1.29 is 31.7 Å². The number of likely N-dealkylation sites (N-methyl/N-ethyl adjacent to an activating group) is 1. The van der Waals surface area contributed by atoms with E-state index in [4.69, 9.17) is 8.92 Å². The topological polar surface area (TPSA) is 135 Å². The van der Waals surface area contributed by atoms with E-state index in [9.17, 15) is 22.8 Å². The number of hydrogen-bond donors (Lipinski definition) is 1. The molecule has 1 aromatic carbocycles. The Balaban J connectivity index is 1.81. The lowest BCUT2D eigenvalue weighted by Crippen LogP contribution is -2.57. The molecule has 41 heavy (non-hydrogen) atoms. The average Bonchev–Trinajstić information content (AvgIpc) is 3.27. The lowest BCUT2D eigenvalue weighted by Gasteiger charge is -2.33. The van der Waals surface area contributed by atoms with E-state index in [2.05, 4.69) is 10.3 Å². The molecule has 2 heterocycles. The van der Waals surface area contributed by atoms with Crippen LogP contribution in [0.5, 0.6) is 0 Å². The smallest absolute Gasteiger partial charge is 0.410 e. The summed E-state index contributed by atoms with van der Waals surface area (Å²) in [6, 6.07) is 7.27. The molecule has 1 aliphatic rings. The molecule has 2 aromatic rings. The molecule has 0 bridgehead atoms. The number of pyridine rings is 1. The maximum Gasteiger partial charge on any atom is 0.410 e. The number of nitrogens with one attached hydrogen (secondary N) is 1. The quantitative estimate of drug-likeness (QED) is 0.440. The van der Waals surface area contributed by atoms with Gasteiger partial charge in [-0.1, -0.05) is 37.6 Å². The van der Waals surface area contributed by atoms with E-state index in [1.807, 2.05) is 13.0 Å². The fourth-order valence-corrected chi connectivity index (χ4v) is 5.23. The molecule has 0 spiro atoms. The summed E-state index contributed by atoms with van der Waals surface area (Å²) in [5.41, 5.74) is 0.929. The van der Waals surface area contributed by atoms with Crippen molar-refractivity contribution in [2.45, 2.75) is 83.5 Å². The Labute approximate surface area is 242 Å². The number of carbonyl (C=O) groups excluding carboxylic acids is 3. The van der Waals surface area contributed by atoms with Crippen LogP contribution in [0.15, 0.2) is 47.5 Å². The lowest BCUT2D eigenvalue weighted by atomic mass is 10.0. The van der Waals surface area contributed by atoms with Crippen LogP contribution in [0.2, 0.25) is 0 Å². The summed E-state index contributed by atoms with van der Waals surface area (Å²) in [4.78, 5) is 46.7. The average molecular weight is 589 g/mol. The van der Waals surface area contributed by atoms with Crippen molar-refractivity contribution in [2.24, 2.45) is 5.92 Å². The van der Waals surface area contributed by atoms with Crippen LogP contribution >= 0.6 is 0 Å². The van der Waals surface area contributed by atoms with Crippen LogP contribution in [0.4, 0.5) is 10.6 Å².